The van der Waals surface area contributed by atoms with Crippen LogP contribution in [0.15, 0.2) is 16.8 Å². The lowest BCUT2D eigenvalue weighted by Crippen LogP contribution is -2.14. The van der Waals surface area contributed by atoms with E-state index in [2.05, 4.69) is 20.6 Å². The lowest BCUT2D eigenvalue weighted by atomic mass is 10.2. The monoisotopic (exact) mass is 316 g/mol. The molecule has 0 aliphatic carbocycles. The van der Waals surface area contributed by atoms with Gasteiger partial charge in [0.25, 0.3) is 0 Å². The number of hydrogen-bond donors (Lipinski definition) is 2. The van der Waals surface area contributed by atoms with Crippen molar-refractivity contribution in [3.8, 4) is 0 Å². The van der Waals surface area contributed by atoms with Gasteiger partial charge in [-0.05, 0) is 35.7 Å². The van der Waals surface area contributed by atoms with E-state index in [-0.39, 0.29) is 11.8 Å². The minimum absolute atomic E-state index is 0.0307. The minimum Gasteiger partial charge on any atom is -0.366 e. The molecule has 0 aliphatic heterocycles. The highest BCUT2D eigenvalue weighted by Crippen LogP contribution is 2.29. The zero-order chi connectivity index (χ0) is 15.5. The third-order valence-electron chi connectivity index (χ3n) is 2.77. The summed E-state index contributed by atoms with van der Waals surface area (Å²) in [6.45, 7) is 4.60. The number of nitrogens with zero attached hydrogens (tertiary/aromatic N) is 2. The molecule has 0 bridgehead atoms. The van der Waals surface area contributed by atoms with E-state index in [1.807, 2.05) is 17.7 Å². The first kappa shape index (κ1) is 15.6. The number of aryl methyl sites for hydroxylation is 1. The van der Waals surface area contributed by atoms with Crippen molar-refractivity contribution in [1.82, 2.24) is 9.97 Å². The molecule has 8 heteroatoms. The molecule has 0 aliphatic rings. The Bertz CT molecular complexity index is 610. The molecule has 0 fully saturated rings. The normalized spacial score (nSPS) is 11.5. The molecule has 4 nitrogen and oxygen atoms in total. The predicted octanol–water partition coefficient (Wildman–Crippen LogP) is 3.91. The highest BCUT2D eigenvalue weighted by Gasteiger charge is 2.33. The Morgan fingerprint density at radius 1 is 1.19 bits per heavy atom. The van der Waals surface area contributed by atoms with Gasteiger partial charge in [-0.3, -0.25) is 0 Å². The Balaban J connectivity index is 2.21. The molecule has 0 aromatic carbocycles. The van der Waals surface area contributed by atoms with E-state index in [0.29, 0.717) is 13.1 Å². The number of halogens is 3. The summed E-state index contributed by atoms with van der Waals surface area (Å²) in [5.41, 5.74) is 1.18. The lowest BCUT2D eigenvalue weighted by Gasteiger charge is -2.12. The summed E-state index contributed by atoms with van der Waals surface area (Å²) in [6, 6.07) is 0.919. The van der Waals surface area contributed by atoms with Crippen molar-refractivity contribution in [2.45, 2.75) is 26.6 Å². The maximum atomic E-state index is 12.8. The summed E-state index contributed by atoms with van der Waals surface area (Å²) in [5.74, 6) is 0.121. The fourth-order valence-electron chi connectivity index (χ4n) is 1.67. The van der Waals surface area contributed by atoms with Crippen molar-refractivity contribution in [2.24, 2.45) is 0 Å². The molecule has 0 saturated heterocycles. The van der Waals surface area contributed by atoms with Crippen LogP contribution in [0.25, 0.3) is 0 Å². The van der Waals surface area contributed by atoms with Crippen LogP contribution >= 0.6 is 11.3 Å². The van der Waals surface area contributed by atoms with E-state index in [1.165, 1.54) is 0 Å². The smallest absolute Gasteiger partial charge is 0.366 e. The number of alkyl halides is 3. The second-order valence-corrected chi connectivity index (χ2v) is 5.17. The first-order valence-corrected chi connectivity index (χ1v) is 7.30. The average molecular weight is 316 g/mol. The Kier molecular flexibility index (Phi) is 4.66. The molecule has 114 valence electrons. The first-order chi connectivity index (χ1) is 9.90. The molecule has 2 N–H and O–H groups in total. The molecule has 2 rings (SSSR count). The Morgan fingerprint density at radius 3 is 2.52 bits per heavy atom. The van der Waals surface area contributed by atoms with Crippen LogP contribution in [0.1, 0.15) is 23.7 Å². The molecule has 0 atom stereocenters. The van der Waals surface area contributed by atoms with Gasteiger partial charge in [0.05, 0.1) is 0 Å². The van der Waals surface area contributed by atoms with Gasteiger partial charge < -0.3 is 10.6 Å². The predicted molar refractivity (Wildman–Crippen MR) is 77.6 cm³/mol. The molecule has 0 amide bonds. The number of rotatable bonds is 5. The van der Waals surface area contributed by atoms with E-state index >= 15 is 0 Å². The van der Waals surface area contributed by atoms with Crippen molar-refractivity contribution in [3.05, 3.63) is 33.6 Å². The Morgan fingerprint density at radius 2 is 1.95 bits per heavy atom. The zero-order valence-corrected chi connectivity index (χ0v) is 12.4. The summed E-state index contributed by atoms with van der Waals surface area (Å²) in [4.78, 5) is 7.51. The van der Waals surface area contributed by atoms with Gasteiger partial charge >= 0.3 is 6.18 Å². The van der Waals surface area contributed by atoms with Gasteiger partial charge in [-0.15, -0.1) is 0 Å². The number of thiophene rings is 1. The largest absolute Gasteiger partial charge is 0.433 e. The maximum Gasteiger partial charge on any atom is 0.433 e. The summed E-state index contributed by atoms with van der Waals surface area (Å²) in [6.07, 6.45) is -4.50. The fourth-order valence-corrected chi connectivity index (χ4v) is 2.53. The van der Waals surface area contributed by atoms with Crippen molar-refractivity contribution in [2.75, 3.05) is 17.2 Å². The van der Waals surface area contributed by atoms with Gasteiger partial charge in [0, 0.05) is 19.2 Å². The van der Waals surface area contributed by atoms with Crippen LogP contribution < -0.4 is 10.6 Å². The molecule has 0 spiro atoms. The van der Waals surface area contributed by atoms with Crippen LogP contribution in [0.5, 0.6) is 0 Å². The first-order valence-electron chi connectivity index (χ1n) is 6.36. The van der Waals surface area contributed by atoms with Crippen LogP contribution in [0.3, 0.4) is 0 Å². The second-order valence-electron chi connectivity index (χ2n) is 4.42. The van der Waals surface area contributed by atoms with E-state index in [4.69, 9.17) is 0 Å². The average Bonchev–Trinajstić information content (AvgIpc) is 2.81. The third kappa shape index (κ3) is 4.07. The van der Waals surface area contributed by atoms with E-state index in [0.717, 1.165) is 17.2 Å². The highest BCUT2D eigenvalue weighted by molar-refractivity contribution is 7.08. The van der Waals surface area contributed by atoms with Gasteiger partial charge in [0.1, 0.15) is 5.82 Å². The van der Waals surface area contributed by atoms with Crippen LogP contribution in [0.4, 0.5) is 24.9 Å². The van der Waals surface area contributed by atoms with Crippen molar-refractivity contribution >= 4 is 23.1 Å². The van der Waals surface area contributed by atoms with Gasteiger partial charge in [0.2, 0.25) is 5.95 Å². The summed E-state index contributed by atoms with van der Waals surface area (Å²) < 4.78 is 38.5. The standard InChI is InChI=1S/C13H15F3N4S/c1-3-17-12-19-10(13(14,15)16)4-11(20-12)18-5-9-7-21-6-8(9)2/h4,6-7H,3,5H2,1-2H3,(H2,17,18,19,20). The van der Waals surface area contributed by atoms with Crippen LogP contribution in [-0.4, -0.2) is 16.5 Å². The van der Waals surface area contributed by atoms with Gasteiger partial charge in [0.15, 0.2) is 5.69 Å². The van der Waals surface area contributed by atoms with Crippen molar-refractivity contribution in [1.29, 1.82) is 0 Å². The molecule has 0 unspecified atom stereocenters. The van der Waals surface area contributed by atoms with E-state index in [1.54, 1.807) is 18.3 Å². The molecule has 2 aromatic heterocycles. The zero-order valence-electron chi connectivity index (χ0n) is 11.6. The number of nitrogens with one attached hydrogen (secondary N) is 2. The SMILES string of the molecule is CCNc1nc(NCc2cscc2C)cc(C(F)(F)F)n1. The molecular formula is C13H15F3N4S. The van der Waals surface area contributed by atoms with Crippen molar-refractivity contribution < 1.29 is 13.2 Å². The second kappa shape index (κ2) is 6.30. The van der Waals surface area contributed by atoms with Gasteiger partial charge in [-0.1, -0.05) is 0 Å². The lowest BCUT2D eigenvalue weighted by molar-refractivity contribution is -0.141. The van der Waals surface area contributed by atoms with Gasteiger partial charge in [-0.2, -0.15) is 29.5 Å². The van der Waals surface area contributed by atoms with Crippen LogP contribution in [0.2, 0.25) is 0 Å². The summed E-state index contributed by atoms with van der Waals surface area (Å²) >= 11 is 1.55. The minimum atomic E-state index is -4.50. The molecular weight excluding hydrogens is 301 g/mol. The molecule has 0 saturated carbocycles. The topological polar surface area (TPSA) is 49.8 Å². The molecule has 2 aromatic rings. The highest BCUT2D eigenvalue weighted by atomic mass is 32.1. The molecule has 2 heterocycles. The number of hydrogen-bond acceptors (Lipinski definition) is 5. The van der Waals surface area contributed by atoms with Crippen LogP contribution in [0, 0.1) is 6.92 Å². The summed E-state index contributed by atoms with van der Waals surface area (Å²) in [5, 5.41) is 9.57. The summed E-state index contributed by atoms with van der Waals surface area (Å²) in [7, 11) is 0. The maximum absolute atomic E-state index is 12.8. The van der Waals surface area contributed by atoms with E-state index < -0.39 is 11.9 Å². The number of aromatic nitrogens is 2. The molecule has 21 heavy (non-hydrogen) atoms. The third-order valence-corrected chi connectivity index (χ3v) is 3.68. The van der Waals surface area contributed by atoms with Crippen LogP contribution in [-0.2, 0) is 12.7 Å². The molecule has 0 radical (unpaired) electrons. The quantitative estimate of drug-likeness (QED) is 0.878. The van der Waals surface area contributed by atoms with Gasteiger partial charge in [-0.25, -0.2) is 4.98 Å². The Labute approximate surface area is 124 Å². The Hall–Kier alpha value is -1.83. The number of anilines is 2. The fraction of sp³-hybridized carbons (Fsp3) is 0.385. The van der Waals surface area contributed by atoms with E-state index in [9.17, 15) is 13.2 Å². The van der Waals surface area contributed by atoms with Crippen molar-refractivity contribution in [3.63, 3.8) is 0 Å².